The van der Waals surface area contributed by atoms with Crippen molar-refractivity contribution in [3.63, 3.8) is 0 Å². The normalized spacial score (nSPS) is 24.8. The monoisotopic (exact) mass is 1790 g/mol. The minimum atomic E-state index is -1.68. The SMILES string of the molecule is CCCC[C@H]1C(=O)C[C@@H](CCN)C(=O)N[C@H](C(=O)NCC(N)=O)CSCC(=O)N[C@@H](Cc2ccccc2)C(=O)N(C)[C@@H](C)C(=O)N[C@@H](CC(N)=O)C(=O)N2CCC[C@H]2C(=O)C[C@@H](Cc2cnc[nH]2)C(=O)C[C@@H](CC(C)C)C(=O)N(C)CC(=O)N[C@@H](Cc2c[nH]c3ccccc23)C(=O)C[C@@H](CO)C(=O)N[C@@H](Cc2c[nH]c3ccccc23)C(=O)N(C)[C@@H](CCCC)C(=O)C1C. The predicted octanol–water partition coefficient (Wildman–Crippen LogP) is 3.30. The van der Waals surface area contributed by atoms with Gasteiger partial charge in [0.05, 0.1) is 62.2 Å². The van der Waals surface area contributed by atoms with Crippen LogP contribution >= 0.6 is 11.8 Å². The van der Waals surface area contributed by atoms with Crippen LogP contribution in [0.3, 0.4) is 0 Å². The van der Waals surface area contributed by atoms with E-state index in [9.17, 15) is 57.8 Å². The fourth-order valence-corrected chi connectivity index (χ4v) is 17.8. The van der Waals surface area contributed by atoms with Crippen LogP contribution in [0.2, 0.25) is 0 Å². The van der Waals surface area contributed by atoms with Crippen LogP contribution in [0.15, 0.2) is 104 Å². The number of fused-ring (bicyclic) bond motifs is 3. The minimum absolute atomic E-state index is 0.0239. The molecule has 0 radical (unpaired) electrons. The molecule has 6 aromatic rings. The number of aromatic amines is 3. The molecule has 5 heterocycles. The summed E-state index contributed by atoms with van der Waals surface area (Å²) in [6.45, 7) is 8.00. The third-order valence-electron chi connectivity index (χ3n) is 24.2. The van der Waals surface area contributed by atoms with Gasteiger partial charge in [0.25, 0.3) is 0 Å². The summed E-state index contributed by atoms with van der Waals surface area (Å²) in [5.74, 6) is -21.1. The van der Waals surface area contributed by atoms with Crippen LogP contribution in [0.5, 0.6) is 0 Å². The van der Waals surface area contributed by atoms with Crippen LogP contribution in [0.25, 0.3) is 21.8 Å². The van der Waals surface area contributed by atoms with Gasteiger partial charge < -0.3 is 88.8 Å². The summed E-state index contributed by atoms with van der Waals surface area (Å²) in [4.78, 5) is 266. The Balaban J connectivity index is 1.16. The highest BCUT2D eigenvalue weighted by molar-refractivity contribution is 8.00. The third kappa shape index (κ3) is 28.9. The first-order valence-corrected chi connectivity index (χ1v) is 45.3. The molecule has 35 nitrogen and oxygen atoms in total. The molecule has 2 saturated heterocycles. The number of thioether (sulfide) groups is 1. The van der Waals surface area contributed by atoms with Gasteiger partial charge in [-0.1, -0.05) is 127 Å². The van der Waals surface area contributed by atoms with Gasteiger partial charge in [0.1, 0.15) is 41.8 Å². The van der Waals surface area contributed by atoms with Gasteiger partial charge in [-0.15, -0.1) is 11.8 Å². The number of aliphatic hydroxyl groups excluding tert-OH is 1. The van der Waals surface area contributed by atoms with E-state index in [2.05, 4.69) is 51.8 Å². The molecule has 12 amide bonds. The fourth-order valence-electron chi connectivity index (χ4n) is 16.9. The molecule has 2 fully saturated rings. The molecule has 1 unspecified atom stereocenters. The van der Waals surface area contributed by atoms with Crippen LogP contribution < -0.4 is 49.1 Å². The fraction of sp³-hybridized carbons (Fsp3) is 0.543. The number of aromatic nitrogens is 4. The maximum atomic E-state index is 15.7. The molecule has 2 aliphatic rings. The molecule has 0 bridgehead atoms. The molecule has 694 valence electrons. The maximum Gasteiger partial charge on any atom is 0.246 e. The number of nitrogens with two attached hydrogens (primary N) is 3. The number of imidazole rings is 1. The first-order valence-electron chi connectivity index (χ1n) is 44.1. The summed E-state index contributed by atoms with van der Waals surface area (Å²) in [5.41, 5.74) is 20.9. The van der Waals surface area contributed by atoms with E-state index in [0.717, 1.165) is 21.6 Å². The van der Waals surface area contributed by atoms with Crippen molar-refractivity contribution in [2.45, 2.75) is 212 Å². The number of carbonyl (C=O) groups excluding carboxylic acids is 17. The van der Waals surface area contributed by atoms with Crippen LogP contribution in [0.1, 0.15) is 160 Å². The number of H-pyrrole nitrogens is 3. The number of primary amides is 2. The summed E-state index contributed by atoms with van der Waals surface area (Å²) in [7, 11) is 4.07. The number of ketones is 5. The third-order valence-corrected chi connectivity index (χ3v) is 25.2. The Kier molecular flexibility index (Phi) is 39.3. The predicted molar refractivity (Wildman–Crippen MR) is 480 cm³/mol. The second-order valence-corrected chi connectivity index (χ2v) is 35.3. The zero-order valence-corrected chi connectivity index (χ0v) is 75.4. The summed E-state index contributed by atoms with van der Waals surface area (Å²) in [6.07, 6.45) is 5.59. The van der Waals surface area contributed by atoms with Gasteiger partial charge in [-0.3, -0.25) is 81.5 Å². The Morgan fingerprint density at radius 3 is 1.77 bits per heavy atom. The van der Waals surface area contributed by atoms with Crippen LogP contribution in [-0.2, 0) is 107 Å². The molecular weight excluding hydrogens is 1660 g/mol. The Hall–Kier alpha value is -11.8. The highest BCUT2D eigenvalue weighted by atomic mass is 32.2. The standard InChI is InChI=1S/C92H127N17O18S/c1-10-12-24-64-54(5)84(119)75(29-13-11-2)108(9)91(126)71(38-61-45-98-68-28-20-18-26-66(61)68)104-87(122)62(49-110)42-78(113)69(37-60-44-97-67-27-19-17-25-65(60)67)101-82(117)48-106(7)89(124)59(34-53(3)4)41-76(111)58(36-63-46-96-52-100-63)40-79(114)74-30-21-33-109(74)92(127)72(43-80(94)115)103-85(120)55(6)107(8)90(125)70(35-56-22-15-14-16-23-56)102-83(118)51-128-50-73(88(123)99-47-81(95)116)105-86(121)57(31-32-93)39-77(64)112/h14-20,22-23,25-28,44-46,52-55,57-59,62,64,69-75,97-98,110H,10-13,21,24,29-43,47-51,93H2,1-9H3,(H2,94,115)(H2,95,116)(H,96,100)(H,99,123)(H,101,117)(H,102,118)(H,103,120)(H,104,122)(H,105,121)/t54?,55-,57+,58+,59+,62-,64+,69-,70-,71-,72-,73-,74-,75-/m0/s1. The summed E-state index contributed by atoms with van der Waals surface area (Å²) in [6, 6.07) is 11.7. The number of hydrogen-bond acceptors (Lipinski definition) is 21. The van der Waals surface area contributed by atoms with E-state index < -0.39 is 241 Å². The number of carbonyl (C=O) groups is 17. The molecule has 0 spiro atoms. The number of nitrogens with one attached hydrogen (secondary N) is 9. The van der Waals surface area contributed by atoms with Crippen molar-refractivity contribution >= 4 is 133 Å². The minimum Gasteiger partial charge on any atom is -0.396 e. The summed E-state index contributed by atoms with van der Waals surface area (Å²) >= 11 is 0.843. The number of Topliss-reactive ketones (excluding diaryl/α,β-unsaturated/α-hetero) is 5. The van der Waals surface area contributed by atoms with Crippen LogP contribution in [0, 0.1) is 41.4 Å². The lowest BCUT2D eigenvalue weighted by Gasteiger charge is -2.34. The Morgan fingerprint density at radius 2 is 1.16 bits per heavy atom. The van der Waals surface area contributed by atoms with Crippen LogP contribution in [0.4, 0.5) is 0 Å². The number of likely N-dealkylation sites (N-methyl/N-ethyl adjacent to an activating group) is 3. The molecular formula is C92H127N17O18S. The van der Waals surface area contributed by atoms with E-state index in [1.54, 1.807) is 67.8 Å². The van der Waals surface area contributed by atoms with E-state index in [0.29, 0.717) is 69.9 Å². The molecule has 2 aliphatic heterocycles. The number of benzene rings is 3. The Morgan fingerprint density at radius 1 is 0.586 bits per heavy atom. The molecule has 14 atom stereocenters. The van der Waals surface area contributed by atoms with E-state index in [1.807, 2.05) is 58.0 Å². The lowest BCUT2D eigenvalue weighted by Crippen LogP contribution is -2.58. The van der Waals surface area contributed by atoms with E-state index >= 15 is 28.8 Å². The van der Waals surface area contributed by atoms with Gasteiger partial charge in [-0.05, 0) is 93.2 Å². The van der Waals surface area contributed by atoms with Gasteiger partial charge in [0.2, 0.25) is 70.9 Å². The first kappa shape index (κ1) is 102. The van der Waals surface area contributed by atoms with Gasteiger partial charge in [0, 0.05) is 154 Å². The lowest BCUT2D eigenvalue weighted by molar-refractivity contribution is -0.145. The van der Waals surface area contributed by atoms with Crippen molar-refractivity contribution < 1.29 is 86.6 Å². The number of rotatable bonds is 24. The lowest BCUT2D eigenvalue weighted by atomic mass is 9.77. The number of nitrogens with zero attached hydrogens (tertiary/aromatic N) is 5. The largest absolute Gasteiger partial charge is 0.396 e. The topological polar surface area (TPSA) is 534 Å². The maximum absolute atomic E-state index is 15.7. The second kappa shape index (κ2) is 49.5. The molecule has 36 heteroatoms. The van der Waals surface area contributed by atoms with E-state index in [-0.39, 0.29) is 89.0 Å². The molecule has 3 aromatic carbocycles. The van der Waals surface area contributed by atoms with Crippen molar-refractivity contribution in [2.24, 2.45) is 58.6 Å². The summed E-state index contributed by atoms with van der Waals surface area (Å²) < 4.78 is 0. The van der Waals surface area contributed by atoms with Crippen molar-refractivity contribution in [3.8, 4) is 0 Å². The molecule has 128 heavy (non-hydrogen) atoms. The Bertz CT molecular complexity index is 4880. The Labute approximate surface area is 749 Å². The zero-order valence-electron chi connectivity index (χ0n) is 74.6. The molecule has 0 aliphatic carbocycles. The highest BCUT2D eigenvalue weighted by Crippen LogP contribution is 2.32. The second-order valence-electron chi connectivity index (χ2n) is 34.3. The van der Waals surface area contributed by atoms with Gasteiger partial charge in [0.15, 0.2) is 17.3 Å². The first-order chi connectivity index (χ1) is 61.1. The van der Waals surface area contributed by atoms with Gasteiger partial charge >= 0.3 is 0 Å². The number of amides is 12. The van der Waals surface area contributed by atoms with Crippen LogP contribution in [-0.4, -0.2) is 258 Å². The molecule has 3 aromatic heterocycles. The van der Waals surface area contributed by atoms with Crippen molar-refractivity contribution in [3.05, 3.63) is 126 Å². The molecule has 16 N–H and O–H groups in total. The number of para-hydroxylation sites is 2. The number of hydrogen-bond donors (Lipinski definition) is 13. The average molecular weight is 1790 g/mol. The van der Waals surface area contributed by atoms with E-state index in [1.165, 1.54) is 50.4 Å². The highest BCUT2D eigenvalue weighted by Gasteiger charge is 2.44. The molecule has 8 rings (SSSR count). The number of unbranched alkanes of at least 4 members (excludes halogenated alkanes) is 2. The van der Waals surface area contributed by atoms with Gasteiger partial charge in [-0.2, -0.15) is 0 Å². The zero-order chi connectivity index (χ0) is 93.6. The van der Waals surface area contributed by atoms with Gasteiger partial charge in [-0.25, -0.2) is 4.98 Å². The van der Waals surface area contributed by atoms with Crippen molar-refractivity contribution in [1.29, 1.82) is 0 Å². The van der Waals surface area contributed by atoms with E-state index in [4.69, 9.17) is 17.2 Å². The summed E-state index contributed by atoms with van der Waals surface area (Å²) in [5, 5.41) is 28.6. The van der Waals surface area contributed by atoms with Crippen molar-refractivity contribution in [1.82, 2.24) is 71.4 Å². The average Bonchev–Trinajstić information content (AvgIpc) is 1.38. The van der Waals surface area contributed by atoms with Crippen molar-refractivity contribution in [2.75, 3.05) is 65.4 Å². The molecule has 0 saturated carbocycles. The quantitative estimate of drug-likeness (QED) is 0.0413. The number of aliphatic hydroxyl groups is 1. The smallest absolute Gasteiger partial charge is 0.246 e.